The van der Waals surface area contributed by atoms with E-state index in [2.05, 4.69) is 20.3 Å². The van der Waals surface area contributed by atoms with Crippen molar-refractivity contribution in [2.24, 2.45) is 5.92 Å². The second-order valence-electron chi connectivity index (χ2n) is 9.06. The topological polar surface area (TPSA) is 85.1 Å². The van der Waals surface area contributed by atoms with Crippen LogP contribution in [0.1, 0.15) is 18.4 Å². The highest BCUT2D eigenvalue weighted by Crippen LogP contribution is 2.31. The van der Waals surface area contributed by atoms with Crippen molar-refractivity contribution in [2.75, 3.05) is 18.0 Å². The Balaban J connectivity index is 1.33. The Morgan fingerprint density at radius 1 is 1.14 bits per heavy atom. The van der Waals surface area contributed by atoms with Gasteiger partial charge >= 0.3 is 0 Å². The van der Waals surface area contributed by atoms with E-state index in [0.717, 1.165) is 13.0 Å². The van der Waals surface area contributed by atoms with Crippen LogP contribution in [0.15, 0.2) is 59.8 Å². The third-order valence-corrected chi connectivity index (χ3v) is 7.21. The first kappa shape index (κ1) is 21.8. The molecule has 6 rings (SSSR count). The average Bonchev–Trinajstić information content (AvgIpc) is 3.46. The molecule has 2 aliphatic heterocycles. The van der Waals surface area contributed by atoms with Gasteiger partial charge in [0.2, 0.25) is 5.91 Å². The highest BCUT2D eigenvalue weighted by Gasteiger charge is 2.37. The highest BCUT2D eigenvalue weighted by molar-refractivity contribution is 6.32. The lowest BCUT2D eigenvalue weighted by Crippen LogP contribution is -2.44. The number of aromatic nitrogens is 4. The summed E-state index contributed by atoms with van der Waals surface area (Å²) in [5.74, 6) is 0.860. The van der Waals surface area contributed by atoms with Crippen LogP contribution < -0.4 is 15.8 Å². The molecule has 2 aliphatic rings. The second-order valence-corrected chi connectivity index (χ2v) is 9.46. The zero-order chi connectivity index (χ0) is 24.1. The Morgan fingerprint density at radius 2 is 2.00 bits per heavy atom. The van der Waals surface area contributed by atoms with Gasteiger partial charge in [-0.25, -0.2) is 9.37 Å². The van der Waals surface area contributed by atoms with Crippen LogP contribution in [0.2, 0.25) is 5.02 Å². The first-order chi connectivity index (χ1) is 17.0. The lowest BCUT2D eigenvalue weighted by Gasteiger charge is -2.24. The third kappa shape index (κ3) is 3.85. The number of rotatable bonds is 4. The normalized spacial score (nSPS) is 19.7. The number of hydrogen-bond acceptors (Lipinski definition) is 5. The molecule has 8 nitrogen and oxygen atoms in total. The smallest absolute Gasteiger partial charge is 0.266 e. The third-order valence-electron chi connectivity index (χ3n) is 6.92. The molecule has 0 saturated carbocycles. The first-order valence-electron chi connectivity index (χ1n) is 11.5. The number of piperidine rings is 1. The van der Waals surface area contributed by atoms with Crippen LogP contribution in [0.25, 0.3) is 16.6 Å². The van der Waals surface area contributed by atoms with Crippen molar-refractivity contribution in [3.63, 3.8) is 0 Å². The zero-order valence-electron chi connectivity index (χ0n) is 18.7. The second kappa shape index (κ2) is 8.49. The molecule has 0 aliphatic carbocycles. The molecule has 0 spiro atoms. The number of carbonyl (C=O) groups is 1. The van der Waals surface area contributed by atoms with Crippen LogP contribution in [-0.4, -0.2) is 44.4 Å². The summed E-state index contributed by atoms with van der Waals surface area (Å²) in [6.07, 6.45) is 6.11. The van der Waals surface area contributed by atoms with Gasteiger partial charge in [-0.3, -0.25) is 18.8 Å². The van der Waals surface area contributed by atoms with Gasteiger partial charge in [0.05, 0.1) is 46.6 Å². The van der Waals surface area contributed by atoms with Crippen LogP contribution in [0.5, 0.6) is 0 Å². The first-order valence-corrected chi connectivity index (χ1v) is 11.9. The van der Waals surface area contributed by atoms with Crippen LogP contribution >= 0.6 is 11.6 Å². The van der Waals surface area contributed by atoms with Gasteiger partial charge in [0.15, 0.2) is 0 Å². The lowest BCUT2D eigenvalue weighted by atomic mass is 9.94. The van der Waals surface area contributed by atoms with Crippen molar-refractivity contribution in [2.45, 2.75) is 25.4 Å². The largest absolute Gasteiger partial charge is 0.354 e. The van der Waals surface area contributed by atoms with Gasteiger partial charge < -0.3 is 10.2 Å². The minimum absolute atomic E-state index is 0.0910. The van der Waals surface area contributed by atoms with Gasteiger partial charge in [-0.1, -0.05) is 29.8 Å². The van der Waals surface area contributed by atoms with Gasteiger partial charge in [0.1, 0.15) is 11.6 Å². The number of fused-ring (bicyclic) bond motifs is 2. The van der Waals surface area contributed by atoms with E-state index in [-0.39, 0.29) is 29.9 Å². The molecule has 0 radical (unpaired) electrons. The summed E-state index contributed by atoms with van der Waals surface area (Å²) in [7, 11) is 0. The van der Waals surface area contributed by atoms with Gasteiger partial charge in [0.25, 0.3) is 5.56 Å². The number of benzene rings is 1. The number of nitrogens with one attached hydrogen (secondary N) is 1. The summed E-state index contributed by atoms with van der Waals surface area (Å²) in [5.41, 5.74) is 1.35. The molecule has 35 heavy (non-hydrogen) atoms. The molecule has 1 aromatic carbocycles. The Kier molecular flexibility index (Phi) is 5.29. The van der Waals surface area contributed by atoms with Crippen LogP contribution in [0, 0.1) is 11.7 Å². The maximum absolute atomic E-state index is 14.1. The SMILES string of the molecule is O=C1CCC2CN(c3cc(-n4ccc5c(cnn5Cc5ccccc5F)c4=O)c(Cl)cn3)CC2N1. The van der Waals surface area contributed by atoms with Crippen molar-refractivity contribution >= 4 is 34.2 Å². The van der Waals surface area contributed by atoms with Crippen molar-refractivity contribution in [3.05, 3.63) is 81.7 Å². The number of anilines is 1. The Morgan fingerprint density at radius 3 is 2.86 bits per heavy atom. The predicted octanol–water partition coefficient (Wildman–Crippen LogP) is 3.14. The summed E-state index contributed by atoms with van der Waals surface area (Å²) in [6, 6.07) is 10.2. The Labute approximate surface area is 204 Å². The molecule has 4 aromatic rings. The van der Waals surface area contributed by atoms with E-state index in [1.54, 1.807) is 47.4 Å². The number of pyridine rings is 2. The fourth-order valence-electron chi connectivity index (χ4n) is 5.07. The fraction of sp³-hybridized carbons (Fsp3) is 0.280. The Bertz CT molecular complexity index is 1520. The van der Waals surface area contributed by atoms with Gasteiger partial charge in [-0.15, -0.1) is 0 Å². The van der Waals surface area contributed by atoms with E-state index in [4.69, 9.17) is 11.6 Å². The molecule has 1 amide bonds. The minimum atomic E-state index is -0.318. The lowest BCUT2D eigenvalue weighted by molar-refractivity contribution is -0.123. The summed E-state index contributed by atoms with van der Waals surface area (Å²) in [5, 5.41) is 8.15. The van der Waals surface area contributed by atoms with E-state index in [0.29, 0.717) is 51.9 Å². The molecule has 0 bridgehead atoms. The molecule has 5 heterocycles. The molecule has 2 atom stereocenters. The summed E-state index contributed by atoms with van der Waals surface area (Å²) in [4.78, 5) is 31.8. The average molecular weight is 493 g/mol. The van der Waals surface area contributed by atoms with Gasteiger partial charge in [-0.05, 0) is 24.5 Å². The molecule has 1 N–H and O–H groups in total. The van der Waals surface area contributed by atoms with E-state index in [1.807, 2.05) is 0 Å². The number of halogens is 2. The molecule has 178 valence electrons. The quantitative estimate of drug-likeness (QED) is 0.473. The molecule has 2 saturated heterocycles. The van der Waals surface area contributed by atoms with Crippen LogP contribution in [-0.2, 0) is 11.3 Å². The zero-order valence-corrected chi connectivity index (χ0v) is 19.5. The predicted molar refractivity (Wildman–Crippen MR) is 131 cm³/mol. The van der Waals surface area contributed by atoms with Crippen molar-refractivity contribution in [1.29, 1.82) is 0 Å². The fourth-order valence-corrected chi connectivity index (χ4v) is 5.26. The molecule has 2 unspecified atom stereocenters. The van der Waals surface area contributed by atoms with Crippen molar-refractivity contribution in [1.82, 2.24) is 24.6 Å². The van der Waals surface area contributed by atoms with E-state index in [9.17, 15) is 14.0 Å². The van der Waals surface area contributed by atoms with Crippen molar-refractivity contribution in [3.8, 4) is 5.69 Å². The van der Waals surface area contributed by atoms with Crippen LogP contribution in [0.4, 0.5) is 10.2 Å². The van der Waals surface area contributed by atoms with Crippen molar-refractivity contribution < 1.29 is 9.18 Å². The molecular weight excluding hydrogens is 471 g/mol. The molecule has 10 heteroatoms. The van der Waals surface area contributed by atoms with E-state index in [1.165, 1.54) is 16.8 Å². The Hall–Kier alpha value is -3.72. The highest BCUT2D eigenvalue weighted by atomic mass is 35.5. The van der Waals surface area contributed by atoms with Gasteiger partial charge in [-0.2, -0.15) is 5.10 Å². The van der Waals surface area contributed by atoms with Crippen LogP contribution in [0.3, 0.4) is 0 Å². The summed E-state index contributed by atoms with van der Waals surface area (Å²) in [6.45, 7) is 1.67. The number of carbonyl (C=O) groups excluding carboxylic acids is 1. The van der Waals surface area contributed by atoms with E-state index >= 15 is 0 Å². The monoisotopic (exact) mass is 492 g/mol. The number of hydrogen-bond donors (Lipinski definition) is 1. The maximum atomic E-state index is 14.1. The molecule has 2 fully saturated rings. The number of nitrogens with zero attached hydrogens (tertiary/aromatic N) is 5. The van der Waals surface area contributed by atoms with E-state index < -0.39 is 0 Å². The standard InChI is InChI=1S/C25H22ClFN6O2/c26-18-11-28-23(31-12-16-5-6-24(34)30-20(16)14-31)9-22(18)32-8-7-21-17(25(32)35)10-29-33(21)13-15-3-1-2-4-19(15)27/h1-4,7-11,16,20H,5-6,12-14H2,(H,30,34). The molecule has 3 aromatic heterocycles. The summed E-state index contributed by atoms with van der Waals surface area (Å²) >= 11 is 6.47. The van der Waals surface area contributed by atoms with Gasteiger partial charge in [0, 0.05) is 37.3 Å². The maximum Gasteiger partial charge on any atom is 0.266 e. The number of amides is 1. The summed E-state index contributed by atoms with van der Waals surface area (Å²) < 4.78 is 17.2. The molecular formula is C25H22ClFN6O2. The minimum Gasteiger partial charge on any atom is -0.354 e.